The molecule has 3 rings (SSSR count). The molecule has 7 nitrogen and oxygen atoms in total. The molecule has 2 heterocycles. The third kappa shape index (κ3) is 3.31. The molecule has 0 saturated heterocycles. The van der Waals surface area contributed by atoms with Gasteiger partial charge in [-0.1, -0.05) is 34.7 Å². The van der Waals surface area contributed by atoms with Gasteiger partial charge in [0.25, 0.3) is 0 Å². The quantitative estimate of drug-likeness (QED) is 0.583. The van der Waals surface area contributed by atoms with Gasteiger partial charge in [-0.05, 0) is 25.5 Å². The molecule has 0 unspecified atom stereocenters. The Hall–Kier alpha value is -2.48. The molecule has 2 aromatic heterocycles. The number of amides is 1. The van der Waals surface area contributed by atoms with E-state index in [1.165, 1.54) is 23.7 Å². The highest BCUT2D eigenvalue weighted by Crippen LogP contribution is 2.22. The summed E-state index contributed by atoms with van der Waals surface area (Å²) >= 11 is 1.32. The zero-order valence-corrected chi connectivity index (χ0v) is 13.9. The van der Waals surface area contributed by atoms with Crippen LogP contribution in [0.5, 0.6) is 0 Å². The Morgan fingerprint density at radius 2 is 2.13 bits per heavy atom. The van der Waals surface area contributed by atoms with Crippen molar-refractivity contribution in [3.63, 3.8) is 0 Å². The normalized spacial score (nSPS) is 10.9. The Bertz CT molecular complexity index is 876. The van der Waals surface area contributed by atoms with E-state index >= 15 is 0 Å². The first-order chi connectivity index (χ1) is 11.0. The highest BCUT2D eigenvalue weighted by molar-refractivity contribution is 8.00. The van der Waals surface area contributed by atoms with Crippen LogP contribution in [0.3, 0.4) is 0 Å². The van der Waals surface area contributed by atoms with Crippen molar-refractivity contribution in [2.45, 2.75) is 18.9 Å². The molecule has 0 fully saturated rings. The molecule has 0 bridgehead atoms. The fourth-order valence-corrected chi connectivity index (χ4v) is 2.94. The molecule has 23 heavy (non-hydrogen) atoms. The average molecular weight is 328 g/mol. The van der Waals surface area contributed by atoms with Gasteiger partial charge < -0.3 is 5.32 Å². The van der Waals surface area contributed by atoms with Gasteiger partial charge in [0.05, 0.1) is 5.75 Å². The number of anilines is 1. The summed E-state index contributed by atoms with van der Waals surface area (Å²) in [5, 5.41) is 11.5. The van der Waals surface area contributed by atoms with Gasteiger partial charge in [-0.25, -0.2) is 14.6 Å². The molecular formula is C15H16N6OS. The Morgan fingerprint density at radius 1 is 1.30 bits per heavy atom. The van der Waals surface area contributed by atoms with Gasteiger partial charge in [0.2, 0.25) is 5.91 Å². The maximum absolute atomic E-state index is 12.1. The van der Waals surface area contributed by atoms with Crippen LogP contribution in [0.2, 0.25) is 0 Å². The molecular weight excluding hydrogens is 312 g/mol. The van der Waals surface area contributed by atoms with Crippen molar-refractivity contribution in [2.75, 3.05) is 11.1 Å². The largest absolute Gasteiger partial charge is 0.325 e. The van der Waals surface area contributed by atoms with E-state index in [0.29, 0.717) is 16.2 Å². The number of hydrogen-bond donors (Lipinski definition) is 1. The molecule has 0 aliphatic heterocycles. The van der Waals surface area contributed by atoms with Gasteiger partial charge in [-0.3, -0.25) is 4.79 Å². The third-order valence-electron chi connectivity index (χ3n) is 3.35. The fourth-order valence-electron chi connectivity index (χ4n) is 2.21. The molecule has 8 heteroatoms. The van der Waals surface area contributed by atoms with Crippen molar-refractivity contribution in [1.29, 1.82) is 0 Å². The zero-order valence-electron chi connectivity index (χ0n) is 13.1. The molecule has 0 aliphatic carbocycles. The first kappa shape index (κ1) is 15.4. The van der Waals surface area contributed by atoms with E-state index in [1.54, 1.807) is 11.7 Å². The van der Waals surface area contributed by atoms with Crippen LogP contribution in [-0.2, 0) is 11.8 Å². The number of benzene rings is 1. The number of carbonyl (C=O) groups excluding carboxylic acids is 1. The average Bonchev–Trinajstić information content (AvgIpc) is 2.90. The highest BCUT2D eigenvalue weighted by atomic mass is 32.2. The van der Waals surface area contributed by atoms with Crippen molar-refractivity contribution in [2.24, 2.45) is 7.05 Å². The Balaban J connectivity index is 1.68. The summed E-state index contributed by atoms with van der Waals surface area (Å²) in [5.74, 6) is 0.160. The number of fused-ring (bicyclic) bond motifs is 1. The van der Waals surface area contributed by atoms with E-state index in [4.69, 9.17) is 0 Å². The van der Waals surface area contributed by atoms with Crippen molar-refractivity contribution < 1.29 is 4.79 Å². The number of carbonyl (C=O) groups is 1. The predicted molar refractivity (Wildman–Crippen MR) is 89.4 cm³/mol. The van der Waals surface area contributed by atoms with Crippen LogP contribution in [0.15, 0.2) is 29.6 Å². The minimum Gasteiger partial charge on any atom is -0.325 e. The van der Waals surface area contributed by atoms with Crippen molar-refractivity contribution in [3.05, 3.63) is 35.7 Å². The Labute approximate surface area is 137 Å². The van der Waals surface area contributed by atoms with Crippen LogP contribution in [-0.4, -0.2) is 36.6 Å². The van der Waals surface area contributed by atoms with E-state index in [-0.39, 0.29) is 11.7 Å². The lowest BCUT2D eigenvalue weighted by Crippen LogP contribution is -2.15. The number of nitrogens with one attached hydrogen (secondary N) is 1. The molecule has 0 radical (unpaired) electrons. The summed E-state index contributed by atoms with van der Waals surface area (Å²) in [6, 6.07) is 5.93. The van der Waals surface area contributed by atoms with Crippen LogP contribution in [0.4, 0.5) is 5.69 Å². The van der Waals surface area contributed by atoms with Crippen LogP contribution < -0.4 is 5.32 Å². The maximum Gasteiger partial charge on any atom is 0.234 e. The Morgan fingerprint density at radius 3 is 2.91 bits per heavy atom. The van der Waals surface area contributed by atoms with E-state index in [0.717, 1.165) is 11.3 Å². The summed E-state index contributed by atoms with van der Waals surface area (Å²) in [7, 11) is 1.77. The first-order valence-corrected chi connectivity index (χ1v) is 8.03. The summed E-state index contributed by atoms with van der Waals surface area (Å²) in [6.07, 6.45) is 1.45. The number of aromatic nitrogens is 5. The molecule has 0 aliphatic rings. The molecule has 1 N–H and O–H groups in total. The highest BCUT2D eigenvalue weighted by Gasteiger charge is 2.12. The van der Waals surface area contributed by atoms with E-state index in [1.807, 2.05) is 32.0 Å². The maximum atomic E-state index is 12.1. The van der Waals surface area contributed by atoms with E-state index < -0.39 is 0 Å². The summed E-state index contributed by atoms with van der Waals surface area (Å²) in [5.41, 5.74) is 4.30. The van der Waals surface area contributed by atoms with Gasteiger partial charge in [0, 0.05) is 12.7 Å². The van der Waals surface area contributed by atoms with Crippen molar-refractivity contribution in [1.82, 2.24) is 25.0 Å². The minimum absolute atomic E-state index is 0.0856. The monoisotopic (exact) mass is 328 g/mol. The molecule has 118 valence electrons. The van der Waals surface area contributed by atoms with Crippen LogP contribution in [0.1, 0.15) is 11.1 Å². The second-order valence-electron chi connectivity index (χ2n) is 5.22. The van der Waals surface area contributed by atoms with Gasteiger partial charge in [0.1, 0.15) is 11.4 Å². The summed E-state index contributed by atoms with van der Waals surface area (Å²) < 4.78 is 1.58. The predicted octanol–water partition coefficient (Wildman–Crippen LogP) is 2.11. The molecule has 3 aromatic rings. The lowest BCUT2D eigenvalue weighted by atomic mass is 10.1. The van der Waals surface area contributed by atoms with Gasteiger partial charge in [-0.2, -0.15) is 0 Å². The number of aryl methyl sites for hydroxylation is 3. The molecule has 0 saturated carbocycles. The van der Waals surface area contributed by atoms with Crippen LogP contribution >= 0.6 is 11.8 Å². The standard InChI is InChI=1S/C15H16N6OS/c1-9-4-5-11(10(2)6-9)18-12(22)7-23-15-13-14(16-8-17-15)21(3)20-19-13/h4-6,8H,7H2,1-3H3,(H,18,22). The van der Waals surface area contributed by atoms with Crippen molar-refractivity contribution >= 4 is 34.5 Å². The second-order valence-corrected chi connectivity index (χ2v) is 6.18. The SMILES string of the molecule is Cc1ccc(NC(=O)CSc2ncnc3c2nnn3C)c(C)c1. The van der Waals surface area contributed by atoms with Crippen LogP contribution in [0, 0.1) is 13.8 Å². The number of nitrogens with zero attached hydrogens (tertiary/aromatic N) is 5. The smallest absolute Gasteiger partial charge is 0.234 e. The molecule has 1 amide bonds. The summed E-state index contributed by atoms with van der Waals surface area (Å²) in [6.45, 7) is 4.00. The fraction of sp³-hybridized carbons (Fsp3) is 0.267. The van der Waals surface area contributed by atoms with Crippen molar-refractivity contribution in [3.8, 4) is 0 Å². The molecule has 0 spiro atoms. The lowest BCUT2D eigenvalue weighted by molar-refractivity contribution is -0.113. The topological polar surface area (TPSA) is 85.6 Å². The zero-order chi connectivity index (χ0) is 16.4. The van der Waals surface area contributed by atoms with Gasteiger partial charge in [0.15, 0.2) is 11.2 Å². The number of hydrogen-bond acceptors (Lipinski definition) is 6. The van der Waals surface area contributed by atoms with Gasteiger partial charge in [-0.15, -0.1) is 5.10 Å². The van der Waals surface area contributed by atoms with E-state index in [9.17, 15) is 4.79 Å². The molecule has 0 atom stereocenters. The summed E-state index contributed by atoms with van der Waals surface area (Å²) in [4.78, 5) is 20.5. The molecule has 1 aromatic carbocycles. The van der Waals surface area contributed by atoms with Gasteiger partial charge >= 0.3 is 0 Å². The lowest BCUT2D eigenvalue weighted by Gasteiger charge is -2.08. The minimum atomic E-state index is -0.0856. The van der Waals surface area contributed by atoms with Crippen LogP contribution in [0.25, 0.3) is 11.2 Å². The Kier molecular flexibility index (Phi) is 4.24. The first-order valence-electron chi connectivity index (χ1n) is 7.05. The van der Waals surface area contributed by atoms with E-state index in [2.05, 4.69) is 25.6 Å². The second kappa shape index (κ2) is 6.33. The number of thioether (sulfide) groups is 1. The number of rotatable bonds is 4. The third-order valence-corrected chi connectivity index (χ3v) is 4.33.